The van der Waals surface area contributed by atoms with Gasteiger partial charge in [-0.25, -0.2) is 4.98 Å². The van der Waals surface area contributed by atoms with E-state index in [1.807, 2.05) is 0 Å². The zero-order chi connectivity index (χ0) is 11.4. The van der Waals surface area contributed by atoms with E-state index in [1.165, 1.54) is 6.20 Å². The average molecular weight is 294 g/mol. The van der Waals surface area contributed by atoms with E-state index < -0.39 is 5.95 Å². The number of nitrogens with zero attached hydrogens (tertiary/aromatic N) is 2. The van der Waals surface area contributed by atoms with Crippen molar-refractivity contribution in [3.8, 4) is 0 Å². The molecule has 1 aliphatic heterocycles. The Labute approximate surface area is 119 Å². The van der Waals surface area contributed by atoms with Crippen molar-refractivity contribution in [1.82, 2.24) is 15.2 Å². The van der Waals surface area contributed by atoms with Gasteiger partial charge in [-0.15, -0.1) is 31.4 Å². The number of nitrogens with one attached hydrogen (secondary N) is 1. The van der Waals surface area contributed by atoms with Crippen molar-refractivity contribution in [1.29, 1.82) is 0 Å². The number of hydrogen-bond donors (Lipinski definition) is 1. The molecule has 0 bridgehead atoms. The SMILES string of the molecule is C=C[C@@H](c1cccnc1F)N1CCNCC1.Cl.Cl. The average Bonchev–Trinajstić information content (AvgIpc) is 2.34. The van der Waals surface area contributed by atoms with Crippen LogP contribution >= 0.6 is 24.8 Å². The van der Waals surface area contributed by atoms with E-state index in [0.717, 1.165) is 26.2 Å². The molecular weight excluding hydrogens is 276 g/mol. The Morgan fingerprint density at radius 1 is 1.39 bits per heavy atom. The number of piperazine rings is 1. The fourth-order valence-electron chi connectivity index (χ4n) is 2.05. The highest BCUT2D eigenvalue weighted by atomic mass is 35.5. The van der Waals surface area contributed by atoms with Crippen molar-refractivity contribution >= 4 is 24.8 Å². The third-order valence-electron chi connectivity index (χ3n) is 2.87. The molecule has 0 spiro atoms. The van der Waals surface area contributed by atoms with E-state index in [2.05, 4.69) is 21.8 Å². The Hall–Kier alpha value is -0.680. The van der Waals surface area contributed by atoms with Gasteiger partial charge in [-0.3, -0.25) is 4.90 Å². The van der Waals surface area contributed by atoms with E-state index in [9.17, 15) is 4.39 Å². The summed E-state index contributed by atoms with van der Waals surface area (Å²) in [6, 6.07) is 3.46. The fourth-order valence-corrected chi connectivity index (χ4v) is 2.05. The number of hydrogen-bond acceptors (Lipinski definition) is 3. The second-order valence-electron chi connectivity index (χ2n) is 3.85. The Morgan fingerprint density at radius 3 is 2.61 bits per heavy atom. The van der Waals surface area contributed by atoms with Gasteiger partial charge in [0.15, 0.2) is 0 Å². The van der Waals surface area contributed by atoms with Gasteiger partial charge in [-0.05, 0) is 6.07 Å². The van der Waals surface area contributed by atoms with Gasteiger partial charge in [0.1, 0.15) is 0 Å². The van der Waals surface area contributed by atoms with Crippen LogP contribution in [-0.4, -0.2) is 36.1 Å². The van der Waals surface area contributed by atoms with Gasteiger partial charge in [-0.1, -0.05) is 12.1 Å². The van der Waals surface area contributed by atoms with Crippen LogP contribution in [0.4, 0.5) is 4.39 Å². The molecule has 0 amide bonds. The minimum absolute atomic E-state index is 0. The molecule has 1 atom stereocenters. The predicted molar refractivity (Wildman–Crippen MR) is 76.1 cm³/mol. The van der Waals surface area contributed by atoms with Gasteiger partial charge in [0.05, 0.1) is 6.04 Å². The first-order valence-electron chi connectivity index (χ1n) is 5.50. The molecule has 1 aromatic rings. The topological polar surface area (TPSA) is 28.2 Å². The fraction of sp³-hybridized carbons (Fsp3) is 0.417. The standard InChI is InChI=1S/C12H16FN3.2ClH/c1-2-11(16-8-6-14-7-9-16)10-4-3-5-15-12(10)13;;/h2-5,11,14H,1,6-9H2;2*1H/t11-;;/m0../s1. The minimum atomic E-state index is -0.397. The first-order valence-corrected chi connectivity index (χ1v) is 5.50. The Morgan fingerprint density at radius 2 is 2.06 bits per heavy atom. The quantitative estimate of drug-likeness (QED) is 0.684. The first kappa shape index (κ1) is 17.3. The third kappa shape index (κ3) is 3.92. The van der Waals surface area contributed by atoms with Gasteiger partial charge >= 0.3 is 0 Å². The predicted octanol–water partition coefficient (Wildman–Crippen LogP) is 2.20. The summed E-state index contributed by atoms with van der Waals surface area (Å²) in [6.07, 6.45) is 3.25. The lowest BCUT2D eigenvalue weighted by atomic mass is 10.1. The Bertz CT molecular complexity index is 370. The Balaban J connectivity index is 0.00000144. The lowest BCUT2D eigenvalue weighted by Gasteiger charge is -2.33. The minimum Gasteiger partial charge on any atom is -0.314 e. The molecule has 0 unspecified atom stereocenters. The van der Waals surface area contributed by atoms with Crippen LogP contribution in [-0.2, 0) is 0 Å². The number of rotatable bonds is 3. The number of pyridine rings is 1. The maximum absolute atomic E-state index is 13.6. The van der Waals surface area contributed by atoms with Crippen molar-refractivity contribution in [2.75, 3.05) is 26.2 Å². The van der Waals surface area contributed by atoms with E-state index in [4.69, 9.17) is 0 Å². The van der Waals surface area contributed by atoms with Crippen LogP contribution in [0.3, 0.4) is 0 Å². The van der Waals surface area contributed by atoms with Crippen molar-refractivity contribution < 1.29 is 4.39 Å². The van der Waals surface area contributed by atoms with Gasteiger partial charge in [0.2, 0.25) is 5.95 Å². The second kappa shape index (κ2) is 8.43. The highest BCUT2D eigenvalue weighted by Crippen LogP contribution is 2.23. The van der Waals surface area contributed by atoms with E-state index >= 15 is 0 Å². The molecule has 18 heavy (non-hydrogen) atoms. The molecule has 1 N–H and O–H groups in total. The number of halogens is 3. The van der Waals surface area contributed by atoms with Crippen LogP contribution in [0.2, 0.25) is 0 Å². The van der Waals surface area contributed by atoms with Crippen LogP contribution in [0.25, 0.3) is 0 Å². The monoisotopic (exact) mass is 293 g/mol. The Kier molecular flexibility index (Phi) is 8.11. The number of aromatic nitrogens is 1. The van der Waals surface area contributed by atoms with Crippen molar-refractivity contribution in [2.24, 2.45) is 0 Å². The summed E-state index contributed by atoms with van der Waals surface area (Å²) in [4.78, 5) is 5.90. The molecule has 1 aromatic heterocycles. The molecule has 3 nitrogen and oxygen atoms in total. The molecule has 0 radical (unpaired) electrons. The van der Waals surface area contributed by atoms with Gasteiger partial charge in [-0.2, -0.15) is 4.39 Å². The summed E-state index contributed by atoms with van der Waals surface area (Å²) in [6.45, 7) is 7.49. The van der Waals surface area contributed by atoms with Crippen LogP contribution in [0.5, 0.6) is 0 Å². The molecule has 0 aromatic carbocycles. The van der Waals surface area contributed by atoms with E-state index in [1.54, 1.807) is 18.2 Å². The van der Waals surface area contributed by atoms with Crippen LogP contribution in [0.1, 0.15) is 11.6 Å². The summed E-state index contributed by atoms with van der Waals surface area (Å²) in [7, 11) is 0. The summed E-state index contributed by atoms with van der Waals surface area (Å²) in [5.74, 6) is -0.397. The first-order chi connectivity index (χ1) is 7.83. The van der Waals surface area contributed by atoms with E-state index in [-0.39, 0.29) is 30.9 Å². The van der Waals surface area contributed by atoms with Gasteiger partial charge in [0.25, 0.3) is 0 Å². The maximum atomic E-state index is 13.6. The molecule has 2 heterocycles. The smallest absolute Gasteiger partial charge is 0.217 e. The van der Waals surface area contributed by atoms with Gasteiger partial charge < -0.3 is 5.32 Å². The van der Waals surface area contributed by atoms with Crippen molar-refractivity contribution in [3.05, 3.63) is 42.5 Å². The zero-order valence-electron chi connectivity index (χ0n) is 10.0. The van der Waals surface area contributed by atoms with Gasteiger partial charge in [0, 0.05) is 37.9 Å². The molecule has 0 saturated carbocycles. The summed E-state index contributed by atoms with van der Waals surface area (Å²) < 4.78 is 13.6. The van der Waals surface area contributed by atoms with Crippen LogP contribution in [0, 0.1) is 5.95 Å². The largest absolute Gasteiger partial charge is 0.314 e. The van der Waals surface area contributed by atoms with Crippen LogP contribution in [0.15, 0.2) is 31.0 Å². The van der Waals surface area contributed by atoms with Crippen LogP contribution < -0.4 is 5.32 Å². The normalized spacial score (nSPS) is 17.2. The summed E-state index contributed by atoms with van der Waals surface area (Å²) in [5, 5.41) is 3.27. The molecule has 1 saturated heterocycles. The molecule has 102 valence electrons. The van der Waals surface area contributed by atoms with Crippen molar-refractivity contribution in [2.45, 2.75) is 6.04 Å². The molecule has 1 aliphatic rings. The van der Waals surface area contributed by atoms with Crippen molar-refractivity contribution in [3.63, 3.8) is 0 Å². The summed E-state index contributed by atoms with van der Waals surface area (Å²) in [5.41, 5.74) is 0.611. The molecule has 6 heteroatoms. The molecule has 2 rings (SSSR count). The third-order valence-corrected chi connectivity index (χ3v) is 2.87. The lowest BCUT2D eigenvalue weighted by molar-refractivity contribution is 0.199. The highest BCUT2D eigenvalue weighted by molar-refractivity contribution is 5.85. The zero-order valence-corrected chi connectivity index (χ0v) is 11.6. The maximum Gasteiger partial charge on any atom is 0.217 e. The highest BCUT2D eigenvalue weighted by Gasteiger charge is 2.21. The summed E-state index contributed by atoms with van der Waals surface area (Å²) >= 11 is 0. The lowest BCUT2D eigenvalue weighted by Crippen LogP contribution is -2.44. The van der Waals surface area contributed by atoms with E-state index in [0.29, 0.717) is 5.56 Å². The molecule has 0 aliphatic carbocycles. The molecule has 1 fully saturated rings. The second-order valence-corrected chi connectivity index (χ2v) is 3.85. The molecular formula is C12H18Cl2FN3.